The number of para-hydroxylation sites is 2. The Morgan fingerprint density at radius 3 is 2.52 bits per heavy atom. The van der Waals surface area contributed by atoms with E-state index in [1.54, 1.807) is 37.4 Å². The number of nitrogens with zero attached hydrogens (tertiary/aromatic N) is 1. The Kier molecular flexibility index (Phi) is 5.44. The third-order valence-corrected chi connectivity index (χ3v) is 5.31. The van der Waals surface area contributed by atoms with Gasteiger partial charge in [0.15, 0.2) is 11.2 Å². The molecule has 7 nitrogen and oxygen atoms in total. The van der Waals surface area contributed by atoms with Crippen molar-refractivity contribution < 1.29 is 19.4 Å². The Morgan fingerprint density at radius 1 is 1.06 bits per heavy atom. The van der Waals surface area contributed by atoms with Crippen molar-refractivity contribution >= 4 is 50.8 Å². The van der Waals surface area contributed by atoms with Gasteiger partial charge < -0.3 is 24.5 Å². The van der Waals surface area contributed by atoms with Gasteiger partial charge in [0.25, 0.3) is 0 Å². The van der Waals surface area contributed by atoms with E-state index in [0.29, 0.717) is 33.2 Å². The van der Waals surface area contributed by atoms with Crippen molar-refractivity contribution in [2.45, 2.75) is 6.54 Å². The average Bonchev–Trinajstić information content (AvgIpc) is 2.76. The van der Waals surface area contributed by atoms with Gasteiger partial charge in [-0.1, -0.05) is 23.7 Å². The summed E-state index contributed by atoms with van der Waals surface area (Å²) in [6.07, 6.45) is 0. The third-order valence-electron chi connectivity index (χ3n) is 5.01. The van der Waals surface area contributed by atoms with Gasteiger partial charge in [-0.25, -0.2) is 0 Å². The zero-order valence-electron chi connectivity index (χ0n) is 16.8. The van der Waals surface area contributed by atoms with Crippen LogP contribution in [0.25, 0.3) is 21.8 Å². The lowest BCUT2D eigenvalue weighted by Crippen LogP contribution is -2.17. The largest absolute Gasteiger partial charge is 0.495 e. The first kappa shape index (κ1) is 20.6. The van der Waals surface area contributed by atoms with E-state index in [2.05, 4.69) is 5.32 Å². The fourth-order valence-electron chi connectivity index (χ4n) is 3.69. The molecule has 0 radical (unpaired) electrons. The van der Waals surface area contributed by atoms with Crippen molar-refractivity contribution in [2.24, 2.45) is 0 Å². The smallest absolute Gasteiger partial charge is 0.323 e. The highest BCUT2D eigenvalue weighted by molar-refractivity contribution is 6.33. The van der Waals surface area contributed by atoms with Crippen LogP contribution in [0.5, 0.6) is 11.5 Å². The summed E-state index contributed by atoms with van der Waals surface area (Å²) in [5.74, 6) is -0.156. The van der Waals surface area contributed by atoms with Gasteiger partial charge in [0.1, 0.15) is 12.3 Å². The molecule has 1 heterocycles. The Balaban J connectivity index is 2.02. The first-order valence-electron chi connectivity index (χ1n) is 9.39. The van der Waals surface area contributed by atoms with E-state index in [4.69, 9.17) is 21.1 Å². The minimum Gasteiger partial charge on any atom is -0.495 e. The summed E-state index contributed by atoms with van der Waals surface area (Å²) in [6, 6.07) is 15.7. The summed E-state index contributed by atoms with van der Waals surface area (Å²) >= 11 is 6.27. The van der Waals surface area contributed by atoms with Crippen LogP contribution in [0.2, 0.25) is 5.02 Å². The van der Waals surface area contributed by atoms with E-state index in [-0.39, 0.29) is 22.7 Å². The molecule has 0 bridgehead atoms. The Bertz CT molecular complexity index is 1380. The van der Waals surface area contributed by atoms with Gasteiger partial charge in [0.2, 0.25) is 0 Å². The number of fused-ring (bicyclic) bond motifs is 2. The number of nitrogens with one attached hydrogen (secondary N) is 1. The summed E-state index contributed by atoms with van der Waals surface area (Å²) in [7, 11) is 3.01. The van der Waals surface area contributed by atoms with Gasteiger partial charge in [-0.2, -0.15) is 0 Å². The summed E-state index contributed by atoms with van der Waals surface area (Å²) < 4.78 is 12.3. The number of carboxylic acids is 1. The molecule has 0 aliphatic carbocycles. The molecule has 0 aliphatic rings. The zero-order valence-corrected chi connectivity index (χ0v) is 17.6. The van der Waals surface area contributed by atoms with Gasteiger partial charge in [0.05, 0.1) is 41.3 Å². The number of aromatic nitrogens is 1. The highest BCUT2D eigenvalue weighted by Gasteiger charge is 2.19. The highest BCUT2D eigenvalue weighted by Crippen LogP contribution is 2.35. The van der Waals surface area contributed by atoms with E-state index in [1.807, 2.05) is 24.3 Å². The van der Waals surface area contributed by atoms with Crippen molar-refractivity contribution in [1.29, 1.82) is 0 Å². The molecule has 0 saturated heterocycles. The van der Waals surface area contributed by atoms with Crippen LogP contribution in [0, 0.1) is 0 Å². The molecule has 3 aromatic carbocycles. The lowest BCUT2D eigenvalue weighted by Gasteiger charge is -2.18. The summed E-state index contributed by atoms with van der Waals surface area (Å²) in [6.45, 7) is -0.373. The number of hydrogen-bond donors (Lipinski definition) is 2. The van der Waals surface area contributed by atoms with Crippen LogP contribution in [-0.2, 0) is 11.3 Å². The topological polar surface area (TPSA) is 89.8 Å². The van der Waals surface area contributed by atoms with E-state index in [0.717, 1.165) is 5.69 Å². The first-order valence-corrected chi connectivity index (χ1v) is 9.77. The van der Waals surface area contributed by atoms with Gasteiger partial charge in [-0.15, -0.1) is 0 Å². The molecule has 0 atom stereocenters. The predicted octanol–water partition coefficient (Wildman–Crippen LogP) is 4.65. The second-order valence-electron chi connectivity index (χ2n) is 6.84. The molecule has 4 rings (SSSR count). The number of carboxylic acid groups (broad SMARTS) is 1. The van der Waals surface area contributed by atoms with Crippen LogP contribution >= 0.6 is 11.6 Å². The summed E-state index contributed by atoms with van der Waals surface area (Å²) in [5.41, 5.74) is 1.95. The number of hydrogen-bond acceptors (Lipinski definition) is 5. The molecule has 0 unspecified atom stereocenters. The molecule has 1 aromatic heterocycles. The van der Waals surface area contributed by atoms with Crippen molar-refractivity contribution in [2.75, 3.05) is 19.5 Å². The number of halogens is 1. The van der Waals surface area contributed by atoms with Crippen molar-refractivity contribution in [3.05, 3.63) is 69.8 Å². The van der Waals surface area contributed by atoms with Gasteiger partial charge in [-0.3, -0.25) is 9.59 Å². The molecular formula is C23H19ClN2O5. The van der Waals surface area contributed by atoms with Crippen molar-refractivity contribution in [3.63, 3.8) is 0 Å². The minimum atomic E-state index is -1.06. The van der Waals surface area contributed by atoms with Gasteiger partial charge in [-0.05, 0) is 42.5 Å². The quantitative estimate of drug-likeness (QED) is 0.426. The third kappa shape index (κ3) is 3.64. The molecule has 0 aliphatic heterocycles. The van der Waals surface area contributed by atoms with E-state index in [9.17, 15) is 14.7 Å². The minimum absolute atomic E-state index is 0.231. The maximum Gasteiger partial charge on any atom is 0.323 e. The predicted molar refractivity (Wildman–Crippen MR) is 121 cm³/mol. The molecule has 0 fully saturated rings. The zero-order chi connectivity index (χ0) is 22.1. The molecule has 4 aromatic rings. The SMILES string of the molecule is COc1ccccc1Nc1ccc2c(=O)c3ccc(Cl)c(OC)c3n(CC(=O)O)c2c1. The number of benzene rings is 3. The number of aliphatic carboxylic acids is 1. The van der Waals surface area contributed by atoms with E-state index >= 15 is 0 Å². The molecule has 0 spiro atoms. The Hall–Kier alpha value is -3.71. The lowest BCUT2D eigenvalue weighted by molar-refractivity contribution is -0.137. The van der Waals surface area contributed by atoms with Crippen LogP contribution < -0.4 is 20.2 Å². The van der Waals surface area contributed by atoms with Crippen LogP contribution in [-0.4, -0.2) is 29.9 Å². The Labute approximate surface area is 182 Å². The monoisotopic (exact) mass is 438 g/mol. The number of ether oxygens (including phenoxy) is 2. The molecule has 31 heavy (non-hydrogen) atoms. The molecule has 0 amide bonds. The van der Waals surface area contributed by atoms with E-state index < -0.39 is 5.97 Å². The number of anilines is 2. The van der Waals surface area contributed by atoms with Gasteiger partial charge in [0, 0.05) is 11.1 Å². The fourth-order valence-corrected chi connectivity index (χ4v) is 3.91. The van der Waals surface area contributed by atoms with E-state index in [1.165, 1.54) is 11.7 Å². The second-order valence-corrected chi connectivity index (χ2v) is 7.25. The highest BCUT2D eigenvalue weighted by atomic mass is 35.5. The lowest BCUT2D eigenvalue weighted by atomic mass is 10.1. The standard InChI is InChI=1S/C23H19ClN2O5/c1-30-19-6-4-3-5-17(19)25-13-7-8-14-18(11-13)26(12-20(27)28)21-15(22(14)29)9-10-16(24)23(21)31-2/h3-11,25H,12H2,1-2H3,(H,27,28). The summed E-state index contributed by atoms with van der Waals surface area (Å²) in [5, 5.41) is 13.8. The summed E-state index contributed by atoms with van der Waals surface area (Å²) in [4.78, 5) is 24.9. The van der Waals surface area contributed by atoms with Gasteiger partial charge >= 0.3 is 5.97 Å². The second kappa shape index (κ2) is 8.20. The van der Waals surface area contributed by atoms with Crippen LogP contribution in [0.3, 0.4) is 0 Å². The number of rotatable bonds is 6. The fraction of sp³-hybridized carbons (Fsp3) is 0.130. The molecule has 8 heteroatoms. The molecule has 158 valence electrons. The number of carbonyl (C=O) groups is 1. The van der Waals surface area contributed by atoms with Crippen molar-refractivity contribution in [1.82, 2.24) is 4.57 Å². The maximum atomic E-state index is 13.2. The molecule has 0 saturated carbocycles. The molecular weight excluding hydrogens is 420 g/mol. The number of pyridine rings is 1. The van der Waals surface area contributed by atoms with Crippen LogP contribution in [0.4, 0.5) is 11.4 Å². The molecule has 2 N–H and O–H groups in total. The van der Waals surface area contributed by atoms with Crippen LogP contribution in [0.15, 0.2) is 59.4 Å². The Morgan fingerprint density at radius 2 is 1.81 bits per heavy atom. The first-order chi connectivity index (χ1) is 14.9. The maximum absolute atomic E-state index is 13.2. The average molecular weight is 439 g/mol. The van der Waals surface area contributed by atoms with Crippen molar-refractivity contribution in [3.8, 4) is 11.5 Å². The number of methoxy groups -OCH3 is 2. The van der Waals surface area contributed by atoms with Crippen LogP contribution in [0.1, 0.15) is 0 Å². The normalized spacial score (nSPS) is 10.9.